The van der Waals surface area contributed by atoms with E-state index in [1.54, 1.807) is 19.9 Å². The number of rotatable bonds is 11. The second kappa shape index (κ2) is 9.80. The third kappa shape index (κ3) is 4.76. The highest BCUT2D eigenvalue weighted by Crippen LogP contribution is 2.46. The van der Waals surface area contributed by atoms with Gasteiger partial charge in [0, 0.05) is 17.1 Å². The molecule has 31 heavy (non-hydrogen) atoms. The van der Waals surface area contributed by atoms with Gasteiger partial charge in [-0.15, -0.1) is 0 Å². The molecule has 5 nitrogen and oxygen atoms in total. The highest BCUT2D eigenvalue weighted by Gasteiger charge is 2.54. The highest BCUT2D eigenvalue weighted by atomic mass is 16.6. The molecule has 0 fully saturated rings. The van der Waals surface area contributed by atoms with Crippen LogP contribution in [0.15, 0.2) is 46.5 Å². The van der Waals surface area contributed by atoms with Crippen molar-refractivity contribution in [2.45, 2.75) is 91.1 Å². The normalized spacial score (nSPS) is 23.3. The van der Waals surface area contributed by atoms with Gasteiger partial charge in [-0.3, -0.25) is 9.59 Å². The number of carbonyl (C=O) groups is 3. The Kier molecular flexibility index (Phi) is 7.34. The van der Waals surface area contributed by atoms with E-state index >= 15 is 0 Å². The van der Waals surface area contributed by atoms with E-state index < -0.39 is 11.6 Å². The average Bonchev–Trinajstić information content (AvgIpc) is 3.01. The molecule has 0 aromatic heterocycles. The predicted molar refractivity (Wildman–Crippen MR) is 119 cm³/mol. The number of esters is 1. The van der Waals surface area contributed by atoms with Gasteiger partial charge in [0.05, 0.1) is 6.26 Å². The van der Waals surface area contributed by atoms with Gasteiger partial charge in [-0.05, 0) is 38.0 Å². The Morgan fingerprint density at radius 2 is 1.68 bits per heavy atom. The molecule has 0 spiro atoms. The third-order valence-electron chi connectivity index (χ3n) is 6.47. The summed E-state index contributed by atoms with van der Waals surface area (Å²) in [7, 11) is 0. The molecule has 2 heterocycles. The van der Waals surface area contributed by atoms with Gasteiger partial charge in [-0.1, -0.05) is 65.2 Å². The van der Waals surface area contributed by atoms with Crippen LogP contribution in [0.5, 0.6) is 0 Å². The minimum Gasteiger partial charge on any atom is -0.469 e. The molecule has 0 saturated carbocycles. The Balaban J connectivity index is 1.70. The number of ether oxygens (including phenoxy) is 2. The molecule has 3 rings (SSSR count). The Morgan fingerprint density at radius 3 is 2.35 bits per heavy atom. The van der Waals surface area contributed by atoms with Gasteiger partial charge in [0.15, 0.2) is 11.4 Å². The lowest BCUT2D eigenvalue weighted by Crippen LogP contribution is -2.40. The van der Waals surface area contributed by atoms with Crippen LogP contribution in [0.4, 0.5) is 0 Å². The molecule has 0 aromatic rings. The lowest BCUT2D eigenvalue weighted by molar-refractivity contribution is -0.153. The first-order chi connectivity index (χ1) is 14.8. The maximum atomic E-state index is 13.3. The zero-order valence-corrected chi connectivity index (χ0v) is 19.2. The van der Waals surface area contributed by atoms with E-state index in [0.717, 1.165) is 19.3 Å². The first kappa shape index (κ1) is 23.2. The molecule has 0 aromatic carbocycles. The van der Waals surface area contributed by atoms with Crippen LogP contribution in [0.1, 0.15) is 85.5 Å². The number of carbonyl (C=O) groups excluding carboxylic acids is 3. The number of hydrogen-bond acceptors (Lipinski definition) is 5. The molecule has 0 bridgehead atoms. The van der Waals surface area contributed by atoms with Crippen molar-refractivity contribution in [3.8, 4) is 0 Å². The average molecular weight is 427 g/mol. The molecule has 3 aliphatic rings. The van der Waals surface area contributed by atoms with Crippen molar-refractivity contribution in [2.75, 3.05) is 0 Å². The molecule has 0 saturated heterocycles. The number of fused-ring (bicyclic) bond motifs is 3. The predicted octanol–water partition coefficient (Wildman–Crippen LogP) is 5.66. The number of ketones is 2. The van der Waals surface area contributed by atoms with Crippen LogP contribution in [0.25, 0.3) is 0 Å². The van der Waals surface area contributed by atoms with Crippen LogP contribution in [0.2, 0.25) is 0 Å². The first-order valence-corrected chi connectivity index (χ1v) is 11.6. The van der Waals surface area contributed by atoms with E-state index in [9.17, 15) is 14.4 Å². The monoisotopic (exact) mass is 426 g/mol. The fourth-order valence-electron chi connectivity index (χ4n) is 4.53. The topological polar surface area (TPSA) is 69.7 Å². The Morgan fingerprint density at radius 1 is 1.03 bits per heavy atom. The van der Waals surface area contributed by atoms with Crippen molar-refractivity contribution in [1.29, 1.82) is 0 Å². The van der Waals surface area contributed by atoms with Crippen LogP contribution in [-0.4, -0.2) is 23.1 Å². The summed E-state index contributed by atoms with van der Waals surface area (Å²) in [6.07, 6.45) is 15.0. The van der Waals surface area contributed by atoms with Gasteiger partial charge in [0.2, 0.25) is 5.78 Å². The second-order valence-corrected chi connectivity index (χ2v) is 9.07. The second-order valence-electron chi connectivity index (χ2n) is 9.07. The summed E-state index contributed by atoms with van der Waals surface area (Å²) in [6.45, 7) is 7.42. The summed E-state index contributed by atoms with van der Waals surface area (Å²) in [4.78, 5) is 38.8. The van der Waals surface area contributed by atoms with E-state index in [1.807, 2.05) is 6.92 Å². The lowest BCUT2D eigenvalue weighted by Gasteiger charge is -2.31. The van der Waals surface area contributed by atoms with Gasteiger partial charge in [-0.2, -0.15) is 0 Å². The Hall–Kier alpha value is -2.43. The zero-order valence-electron chi connectivity index (χ0n) is 19.2. The molecule has 168 valence electrons. The van der Waals surface area contributed by atoms with Crippen molar-refractivity contribution in [3.63, 3.8) is 0 Å². The molecule has 0 N–H and O–H groups in total. The quantitative estimate of drug-likeness (QED) is 0.242. The Bertz CT molecular complexity index is 885. The zero-order chi connectivity index (χ0) is 22.6. The summed E-state index contributed by atoms with van der Waals surface area (Å²) in [6, 6.07) is 0. The number of hydrogen-bond donors (Lipinski definition) is 0. The van der Waals surface area contributed by atoms with Crippen molar-refractivity contribution in [1.82, 2.24) is 0 Å². The van der Waals surface area contributed by atoms with Gasteiger partial charge in [0.1, 0.15) is 11.3 Å². The number of unbranched alkanes of at least 4 members (excludes halogenated alkanes) is 7. The van der Waals surface area contributed by atoms with E-state index in [2.05, 4.69) is 6.92 Å². The molecule has 1 aliphatic carbocycles. The van der Waals surface area contributed by atoms with Gasteiger partial charge in [0.25, 0.3) is 0 Å². The van der Waals surface area contributed by atoms with E-state index in [4.69, 9.17) is 9.47 Å². The molecule has 0 radical (unpaired) electrons. The van der Waals surface area contributed by atoms with Crippen LogP contribution in [0, 0.1) is 5.92 Å². The largest absolute Gasteiger partial charge is 0.469 e. The number of allylic oxidation sites excluding steroid dienone is 3. The summed E-state index contributed by atoms with van der Waals surface area (Å²) in [5, 5.41) is 0. The van der Waals surface area contributed by atoms with Gasteiger partial charge >= 0.3 is 5.97 Å². The summed E-state index contributed by atoms with van der Waals surface area (Å²) >= 11 is 0. The van der Waals surface area contributed by atoms with E-state index in [0.29, 0.717) is 22.5 Å². The summed E-state index contributed by atoms with van der Waals surface area (Å²) < 4.78 is 11.0. The first-order valence-electron chi connectivity index (χ1n) is 11.6. The minimum atomic E-state index is -1.46. The molecule has 2 atom stereocenters. The number of Topliss-reactive ketones (excluding diaryl/α,β-unsaturated/α-hetero) is 1. The smallest absolute Gasteiger partial charge is 0.343 e. The molecule has 2 aliphatic heterocycles. The van der Waals surface area contributed by atoms with Gasteiger partial charge < -0.3 is 9.47 Å². The molecular weight excluding hydrogens is 392 g/mol. The minimum absolute atomic E-state index is 0.0105. The summed E-state index contributed by atoms with van der Waals surface area (Å²) in [5.74, 6) is -0.932. The van der Waals surface area contributed by atoms with Gasteiger partial charge in [-0.25, -0.2) is 4.79 Å². The standard InChI is InChI=1S/C26H34O5/c1-5-6-7-8-9-10-11-12-13-17(2)24(28)22-23-20-16-30-18(3)14-19(20)15-21(27)26(23,4)31-25(22)29/h14-17H,5-13H2,1-4H3/t17?,26-/m0/s1. The van der Waals surface area contributed by atoms with Crippen LogP contribution < -0.4 is 0 Å². The van der Waals surface area contributed by atoms with Crippen LogP contribution in [0.3, 0.4) is 0 Å². The Labute approximate surface area is 185 Å². The van der Waals surface area contributed by atoms with Crippen molar-refractivity contribution in [2.24, 2.45) is 5.92 Å². The van der Waals surface area contributed by atoms with E-state index in [-0.39, 0.29) is 23.1 Å². The molecule has 1 unspecified atom stereocenters. The van der Waals surface area contributed by atoms with Crippen molar-refractivity contribution >= 4 is 17.5 Å². The van der Waals surface area contributed by atoms with E-state index in [1.165, 1.54) is 50.9 Å². The maximum absolute atomic E-state index is 13.3. The third-order valence-corrected chi connectivity index (χ3v) is 6.47. The molecule has 0 amide bonds. The van der Waals surface area contributed by atoms with Crippen molar-refractivity contribution in [3.05, 3.63) is 46.5 Å². The van der Waals surface area contributed by atoms with Crippen LogP contribution >= 0.6 is 0 Å². The summed E-state index contributed by atoms with van der Waals surface area (Å²) in [5.41, 5.74) is 0.146. The lowest BCUT2D eigenvalue weighted by atomic mass is 9.75. The maximum Gasteiger partial charge on any atom is 0.343 e. The van der Waals surface area contributed by atoms with Crippen LogP contribution in [-0.2, 0) is 23.9 Å². The molecular formula is C26H34O5. The van der Waals surface area contributed by atoms with Crippen molar-refractivity contribution < 1.29 is 23.9 Å². The molecule has 5 heteroatoms. The fourth-order valence-corrected chi connectivity index (χ4v) is 4.53. The SMILES string of the molecule is CCCCCCCCCCC(C)C(=O)C1=C2C3=COC(C)=CC3=CC(=O)[C@]2(C)OC1=O. The highest BCUT2D eigenvalue weighted by molar-refractivity contribution is 6.24. The fraction of sp³-hybridized carbons (Fsp3) is 0.577.